The number of carbonyl (C=O) groups is 3. The van der Waals surface area contributed by atoms with E-state index in [1.165, 1.54) is 18.2 Å². The molecular formula is C11H10ClNO5. The molecule has 0 bridgehead atoms. The summed E-state index contributed by atoms with van der Waals surface area (Å²) in [5, 5.41) is 19.7. The fraction of sp³-hybridized carbons (Fsp3) is 0.182. The van der Waals surface area contributed by atoms with E-state index in [-0.39, 0.29) is 5.56 Å². The second-order valence-electron chi connectivity index (χ2n) is 3.47. The molecule has 0 aliphatic heterocycles. The summed E-state index contributed by atoms with van der Waals surface area (Å²) in [7, 11) is 0. The molecule has 0 aliphatic rings. The summed E-state index contributed by atoms with van der Waals surface area (Å²) < 4.78 is 0. The average Bonchev–Trinajstić information content (AvgIpc) is 2.27. The average molecular weight is 272 g/mol. The van der Waals surface area contributed by atoms with Crippen molar-refractivity contribution in [3.05, 3.63) is 34.9 Å². The Morgan fingerprint density at radius 3 is 2.44 bits per heavy atom. The van der Waals surface area contributed by atoms with Crippen molar-refractivity contribution >= 4 is 29.4 Å². The van der Waals surface area contributed by atoms with Crippen molar-refractivity contribution in [2.45, 2.75) is 12.5 Å². The summed E-state index contributed by atoms with van der Waals surface area (Å²) in [5.41, 5.74) is 0.166. The highest BCUT2D eigenvalue weighted by Crippen LogP contribution is 2.10. The van der Waals surface area contributed by atoms with Gasteiger partial charge in [-0.2, -0.15) is 0 Å². The van der Waals surface area contributed by atoms with E-state index in [0.29, 0.717) is 5.02 Å². The number of carboxylic acids is 2. The monoisotopic (exact) mass is 271 g/mol. The smallest absolute Gasteiger partial charge is 0.326 e. The number of aliphatic carboxylic acids is 2. The zero-order valence-corrected chi connectivity index (χ0v) is 9.85. The van der Waals surface area contributed by atoms with Gasteiger partial charge in [0, 0.05) is 10.6 Å². The predicted molar refractivity (Wildman–Crippen MR) is 62.6 cm³/mol. The molecule has 1 aromatic carbocycles. The molecule has 0 spiro atoms. The van der Waals surface area contributed by atoms with Gasteiger partial charge in [0.05, 0.1) is 6.42 Å². The molecule has 0 saturated carbocycles. The van der Waals surface area contributed by atoms with Crippen molar-refractivity contribution in [3.63, 3.8) is 0 Å². The van der Waals surface area contributed by atoms with E-state index in [0.717, 1.165) is 0 Å². The zero-order chi connectivity index (χ0) is 13.7. The second-order valence-corrected chi connectivity index (χ2v) is 3.91. The van der Waals surface area contributed by atoms with Gasteiger partial charge in [-0.05, 0) is 18.2 Å². The minimum absolute atomic E-state index is 0.166. The van der Waals surface area contributed by atoms with Crippen LogP contribution in [0.1, 0.15) is 16.8 Å². The van der Waals surface area contributed by atoms with Crippen LogP contribution in [0.4, 0.5) is 0 Å². The standard InChI is InChI=1S/C11H10ClNO5/c12-7-3-1-2-6(4-7)10(16)13-8(11(17)18)5-9(14)15/h1-4,8H,5H2,(H,13,16)(H,14,15)(H,17,18)/t8-/m1/s1. The van der Waals surface area contributed by atoms with Crippen LogP contribution in [0.5, 0.6) is 0 Å². The molecule has 0 aromatic heterocycles. The maximum absolute atomic E-state index is 11.7. The molecule has 0 saturated heterocycles. The van der Waals surface area contributed by atoms with E-state index in [2.05, 4.69) is 5.32 Å². The minimum Gasteiger partial charge on any atom is -0.481 e. The Morgan fingerprint density at radius 1 is 1.28 bits per heavy atom. The van der Waals surface area contributed by atoms with Crippen LogP contribution in [0.3, 0.4) is 0 Å². The van der Waals surface area contributed by atoms with E-state index < -0.39 is 30.3 Å². The van der Waals surface area contributed by atoms with Gasteiger partial charge in [-0.1, -0.05) is 17.7 Å². The third kappa shape index (κ3) is 4.06. The highest BCUT2D eigenvalue weighted by molar-refractivity contribution is 6.31. The lowest BCUT2D eigenvalue weighted by atomic mass is 10.1. The summed E-state index contributed by atoms with van der Waals surface area (Å²) >= 11 is 5.68. The van der Waals surface area contributed by atoms with Crippen molar-refractivity contribution in [1.29, 1.82) is 0 Å². The molecule has 0 heterocycles. The van der Waals surface area contributed by atoms with E-state index in [1.54, 1.807) is 6.07 Å². The normalized spacial score (nSPS) is 11.6. The molecule has 0 radical (unpaired) electrons. The Balaban J connectivity index is 2.78. The van der Waals surface area contributed by atoms with Crippen LogP contribution in [-0.4, -0.2) is 34.1 Å². The Hall–Kier alpha value is -2.08. The maximum atomic E-state index is 11.7. The number of carboxylic acid groups (broad SMARTS) is 2. The van der Waals surface area contributed by atoms with Crippen molar-refractivity contribution in [3.8, 4) is 0 Å². The first-order valence-corrected chi connectivity index (χ1v) is 5.29. The summed E-state index contributed by atoms with van der Waals surface area (Å²) in [5.74, 6) is -3.41. The molecule has 6 nitrogen and oxygen atoms in total. The zero-order valence-electron chi connectivity index (χ0n) is 9.09. The Bertz CT molecular complexity index is 488. The minimum atomic E-state index is -1.48. The molecule has 18 heavy (non-hydrogen) atoms. The van der Waals surface area contributed by atoms with Crippen LogP contribution in [0.2, 0.25) is 5.02 Å². The fourth-order valence-corrected chi connectivity index (χ4v) is 1.44. The van der Waals surface area contributed by atoms with Crippen LogP contribution < -0.4 is 5.32 Å². The number of hydrogen-bond acceptors (Lipinski definition) is 3. The molecule has 1 amide bonds. The number of carbonyl (C=O) groups excluding carboxylic acids is 1. The topological polar surface area (TPSA) is 104 Å². The van der Waals surface area contributed by atoms with Gasteiger partial charge in [-0.3, -0.25) is 9.59 Å². The quantitative estimate of drug-likeness (QED) is 0.741. The number of hydrogen-bond donors (Lipinski definition) is 3. The summed E-state index contributed by atoms with van der Waals surface area (Å²) in [6.07, 6.45) is -0.693. The van der Waals surface area contributed by atoms with Gasteiger partial charge >= 0.3 is 11.9 Å². The predicted octanol–water partition coefficient (Wildman–Crippen LogP) is 0.998. The first kappa shape index (κ1) is 14.0. The lowest BCUT2D eigenvalue weighted by Crippen LogP contribution is -2.42. The van der Waals surface area contributed by atoms with Gasteiger partial charge in [0.2, 0.25) is 0 Å². The van der Waals surface area contributed by atoms with Crippen molar-refractivity contribution in [1.82, 2.24) is 5.32 Å². The molecule has 0 fully saturated rings. The van der Waals surface area contributed by atoms with Crippen LogP contribution in [-0.2, 0) is 9.59 Å². The van der Waals surface area contributed by atoms with Crippen molar-refractivity contribution < 1.29 is 24.6 Å². The van der Waals surface area contributed by atoms with Gasteiger partial charge in [-0.15, -0.1) is 0 Å². The Labute approximate surface area is 107 Å². The van der Waals surface area contributed by atoms with Gasteiger partial charge in [0.25, 0.3) is 5.91 Å². The van der Waals surface area contributed by atoms with E-state index >= 15 is 0 Å². The number of rotatable bonds is 5. The summed E-state index contributed by atoms with van der Waals surface area (Å²) in [6, 6.07) is 4.42. The van der Waals surface area contributed by atoms with Crippen LogP contribution >= 0.6 is 11.6 Å². The molecular weight excluding hydrogens is 262 g/mol. The summed E-state index contributed by atoms with van der Waals surface area (Å²) in [6.45, 7) is 0. The Kier molecular flexibility index (Phi) is 4.67. The fourth-order valence-electron chi connectivity index (χ4n) is 1.25. The summed E-state index contributed by atoms with van der Waals surface area (Å²) in [4.78, 5) is 32.9. The molecule has 1 aromatic rings. The molecule has 1 rings (SSSR count). The highest BCUT2D eigenvalue weighted by atomic mass is 35.5. The molecule has 0 unspecified atom stereocenters. The molecule has 0 aliphatic carbocycles. The van der Waals surface area contributed by atoms with Gasteiger partial charge < -0.3 is 15.5 Å². The largest absolute Gasteiger partial charge is 0.481 e. The molecule has 3 N–H and O–H groups in total. The number of nitrogens with one attached hydrogen (secondary N) is 1. The van der Waals surface area contributed by atoms with Crippen LogP contribution in [0.25, 0.3) is 0 Å². The lowest BCUT2D eigenvalue weighted by molar-refractivity contribution is -0.145. The first-order chi connectivity index (χ1) is 8.40. The third-order valence-electron chi connectivity index (χ3n) is 2.07. The van der Waals surface area contributed by atoms with Crippen LogP contribution in [0, 0.1) is 0 Å². The first-order valence-electron chi connectivity index (χ1n) is 4.91. The van der Waals surface area contributed by atoms with Crippen LogP contribution in [0.15, 0.2) is 24.3 Å². The van der Waals surface area contributed by atoms with E-state index in [4.69, 9.17) is 21.8 Å². The van der Waals surface area contributed by atoms with E-state index in [9.17, 15) is 14.4 Å². The number of amides is 1. The maximum Gasteiger partial charge on any atom is 0.326 e. The lowest BCUT2D eigenvalue weighted by Gasteiger charge is -2.12. The highest BCUT2D eigenvalue weighted by Gasteiger charge is 2.23. The molecule has 1 atom stereocenters. The third-order valence-corrected chi connectivity index (χ3v) is 2.30. The second kappa shape index (κ2) is 6.02. The van der Waals surface area contributed by atoms with Crippen molar-refractivity contribution in [2.75, 3.05) is 0 Å². The molecule has 7 heteroatoms. The number of benzene rings is 1. The van der Waals surface area contributed by atoms with Crippen molar-refractivity contribution in [2.24, 2.45) is 0 Å². The van der Waals surface area contributed by atoms with Gasteiger partial charge in [0.15, 0.2) is 0 Å². The van der Waals surface area contributed by atoms with Gasteiger partial charge in [-0.25, -0.2) is 4.79 Å². The van der Waals surface area contributed by atoms with E-state index in [1.807, 2.05) is 0 Å². The SMILES string of the molecule is O=C(O)C[C@@H](NC(=O)c1cccc(Cl)c1)C(=O)O. The number of halogens is 1. The van der Waals surface area contributed by atoms with Gasteiger partial charge in [0.1, 0.15) is 6.04 Å². The Morgan fingerprint density at radius 2 is 1.94 bits per heavy atom. The molecule has 96 valence electrons.